The maximum absolute atomic E-state index is 14.7. The molecular weight excluding hydrogens is 340 g/mol. The molecule has 3 rings (SSSR count). The van der Waals surface area contributed by atoms with Gasteiger partial charge >= 0.3 is 5.97 Å². The van der Waals surface area contributed by atoms with E-state index in [1.807, 2.05) is 0 Å². The quantitative estimate of drug-likeness (QED) is 0.583. The molecule has 1 N–H and O–H groups in total. The van der Waals surface area contributed by atoms with Gasteiger partial charge in [0.2, 0.25) is 0 Å². The summed E-state index contributed by atoms with van der Waals surface area (Å²) < 4.78 is 23.6. The number of anilines is 2. The van der Waals surface area contributed by atoms with Crippen molar-refractivity contribution in [2.75, 3.05) is 12.4 Å². The van der Waals surface area contributed by atoms with Crippen molar-refractivity contribution < 1.29 is 13.9 Å². The standard InChI is InChI=1S/C14H8BClFN3O2S/c1-22-14(21)7-5-10-13(19-20-23-10)11(17)12(7)18-9-3-2-6(15)4-8(9)16/h2-5,18H,1H3. The Bertz CT molecular complexity index is 918. The van der Waals surface area contributed by atoms with Crippen molar-refractivity contribution in [2.45, 2.75) is 0 Å². The van der Waals surface area contributed by atoms with E-state index in [1.165, 1.54) is 19.2 Å². The zero-order valence-electron chi connectivity index (χ0n) is 11.8. The smallest absolute Gasteiger partial charge is 0.340 e. The van der Waals surface area contributed by atoms with Gasteiger partial charge in [0.15, 0.2) is 5.82 Å². The predicted molar refractivity (Wildman–Crippen MR) is 88.8 cm³/mol. The molecule has 9 heteroatoms. The summed E-state index contributed by atoms with van der Waals surface area (Å²) in [6, 6.07) is 6.18. The second-order valence-corrected chi connectivity index (χ2v) is 5.78. The molecule has 0 aliphatic heterocycles. The maximum atomic E-state index is 14.7. The molecule has 2 aromatic carbocycles. The van der Waals surface area contributed by atoms with Crippen LogP contribution < -0.4 is 10.8 Å². The lowest BCUT2D eigenvalue weighted by Gasteiger charge is -2.13. The number of rotatable bonds is 3. The Morgan fingerprint density at radius 1 is 1.43 bits per heavy atom. The fourth-order valence-electron chi connectivity index (χ4n) is 2.04. The van der Waals surface area contributed by atoms with Gasteiger partial charge < -0.3 is 10.1 Å². The van der Waals surface area contributed by atoms with Gasteiger partial charge in [-0.1, -0.05) is 27.6 Å². The molecule has 0 atom stereocenters. The second kappa shape index (κ2) is 6.13. The number of carbonyl (C=O) groups excluding carboxylic acids is 1. The number of ether oxygens (including phenoxy) is 1. The third-order valence-corrected chi connectivity index (χ3v) is 4.13. The minimum absolute atomic E-state index is 0.0245. The predicted octanol–water partition coefficient (Wildman–Crippen LogP) is 2.81. The van der Waals surface area contributed by atoms with Gasteiger partial charge in [-0.25, -0.2) is 9.18 Å². The summed E-state index contributed by atoms with van der Waals surface area (Å²) in [4.78, 5) is 12.0. The average molecular weight is 348 g/mol. The highest BCUT2D eigenvalue weighted by Crippen LogP contribution is 2.33. The number of methoxy groups -OCH3 is 1. The first-order chi connectivity index (χ1) is 11.0. The van der Waals surface area contributed by atoms with Crippen LogP contribution in [0.4, 0.5) is 15.8 Å². The zero-order valence-corrected chi connectivity index (χ0v) is 13.3. The lowest BCUT2D eigenvalue weighted by Crippen LogP contribution is -2.09. The lowest BCUT2D eigenvalue weighted by molar-refractivity contribution is 0.0601. The van der Waals surface area contributed by atoms with Crippen LogP contribution in [-0.2, 0) is 4.74 Å². The van der Waals surface area contributed by atoms with Crippen LogP contribution in [0.2, 0.25) is 5.02 Å². The van der Waals surface area contributed by atoms with Gasteiger partial charge in [-0.2, -0.15) is 0 Å². The highest BCUT2D eigenvalue weighted by Gasteiger charge is 2.22. The fraction of sp³-hybridized carbons (Fsp3) is 0.0714. The topological polar surface area (TPSA) is 64.1 Å². The summed E-state index contributed by atoms with van der Waals surface area (Å²) in [5.41, 5.74) is 0.873. The number of benzene rings is 2. The molecule has 2 radical (unpaired) electrons. The maximum Gasteiger partial charge on any atom is 0.340 e. The first kappa shape index (κ1) is 15.7. The number of fused-ring (bicyclic) bond motifs is 1. The Hall–Kier alpha value is -2.19. The number of hydrogen-bond donors (Lipinski definition) is 1. The molecule has 0 fully saturated rings. The summed E-state index contributed by atoms with van der Waals surface area (Å²) in [5.74, 6) is -1.39. The van der Waals surface area contributed by atoms with E-state index < -0.39 is 11.8 Å². The number of halogens is 2. The van der Waals surface area contributed by atoms with Crippen LogP contribution >= 0.6 is 23.1 Å². The molecule has 0 amide bonds. The van der Waals surface area contributed by atoms with E-state index in [4.69, 9.17) is 24.2 Å². The van der Waals surface area contributed by atoms with Gasteiger partial charge in [0, 0.05) is 0 Å². The average Bonchev–Trinajstić information content (AvgIpc) is 3.00. The molecule has 0 unspecified atom stereocenters. The van der Waals surface area contributed by atoms with E-state index in [0.717, 1.165) is 11.5 Å². The summed E-state index contributed by atoms with van der Waals surface area (Å²) >= 11 is 7.07. The van der Waals surface area contributed by atoms with Gasteiger partial charge in [-0.05, 0) is 29.7 Å². The second-order valence-electron chi connectivity index (χ2n) is 4.59. The Balaban J connectivity index is 2.17. The van der Waals surface area contributed by atoms with E-state index in [9.17, 15) is 9.18 Å². The van der Waals surface area contributed by atoms with Gasteiger partial charge in [0.05, 0.1) is 33.8 Å². The number of nitrogens with one attached hydrogen (secondary N) is 1. The Morgan fingerprint density at radius 3 is 2.91 bits per heavy atom. The summed E-state index contributed by atoms with van der Waals surface area (Å²) in [6.07, 6.45) is 0. The van der Waals surface area contributed by atoms with Crippen molar-refractivity contribution in [1.82, 2.24) is 9.59 Å². The van der Waals surface area contributed by atoms with Crippen molar-refractivity contribution in [1.29, 1.82) is 0 Å². The fourth-order valence-corrected chi connectivity index (χ4v) is 2.88. The van der Waals surface area contributed by atoms with Crippen LogP contribution in [0.25, 0.3) is 10.2 Å². The Labute approximate surface area is 141 Å². The van der Waals surface area contributed by atoms with Gasteiger partial charge in [-0.15, -0.1) is 5.10 Å². The van der Waals surface area contributed by atoms with Crippen molar-refractivity contribution in [3.8, 4) is 0 Å². The minimum Gasteiger partial charge on any atom is -0.465 e. The molecular formula is C14H8BClFN3O2S. The normalized spacial score (nSPS) is 10.7. The SMILES string of the molecule is [B]c1ccc(Nc2c(C(=O)OC)cc3snnc3c2F)c(Cl)c1. The van der Waals surface area contributed by atoms with Gasteiger partial charge in [0.25, 0.3) is 0 Å². The summed E-state index contributed by atoms with van der Waals surface area (Å²) in [7, 11) is 6.85. The zero-order chi connectivity index (χ0) is 16.6. The first-order valence-corrected chi connectivity index (χ1v) is 7.51. The minimum atomic E-state index is -0.704. The Morgan fingerprint density at radius 2 is 2.22 bits per heavy atom. The third-order valence-electron chi connectivity index (χ3n) is 3.14. The molecule has 0 spiro atoms. The molecule has 0 aliphatic rings. The van der Waals surface area contributed by atoms with Crippen LogP contribution in [0.5, 0.6) is 0 Å². The van der Waals surface area contributed by atoms with E-state index in [-0.39, 0.29) is 21.8 Å². The van der Waals surface area contributed by atoms with Crippen molar-refractivity contribution in [3.05, 3.63) is 40.7 Å². The molecule has 23 heavy (non-hydrogen) atoms. The molecule has 0 bridgehead atoms. The lowest BCUT2D eigenvalue weighted by atomic mass is 9.96. The third kappa shape index (κ3) is 2.87. The van der Waals surface area contributed by atoms with Crippen LogP contribution in [0.1, 0.15) is 10.4 Å². The van der Waals surface area contributed by atoms with Crippen LogP contribution in [0.3, 0.4) is 0 Å². The summed E-state index contributed by atoms with van der Waals surface area (Å²) in [6.45, 7) is 0. The number of carbonyl (C=O) groups is 1. The summed E-state index contributed by atoms with van der Waals surface area (Å²) in [5, 5.41) is 6.83. The molecule has 3 aromatic rings. The van der Waals surface area contributed by atoms with Gasteiger partial charge in [-0.3, -0.25) is 0 Å². The van der Waals surface area contributed by atoms with E-state index in [0.29, 0.717) is 15.9 Å². The number of nitrogens with zero attached hydrogens (tertiary/aromatic N) is 2. The molecule has 0 aliphatic carbocycles. The van der Waals surface area contributed by atoms with E-state index in [2.05, 4.69) is 14.9 Å². The Kier molecular flexibility index (Phi) is 4.19. The molecule has 1 heterocycles. The van der Waals surface area contributed by atoms with Crippen molar-refractivity contribution in [3.63, 3.8) is 0 Å². The van der Waals surface area contributed by atoms with Crippen LogP contribution in [-0.4, -0.2) is 30.5 Å². The van der Waals surface area contributed by atoms with Crippen LogP contribution in [0.15, 0.2) is 24.3 Å². The van der Waals surface area contributed by atoms with E-state index in [1.54, 1.807) is 12.1 Å². The molecule has 1 aromatic heterocycles. The molecule has 5 nitrogen and oxygen atoms in total. The number of hydrogen-bond acceptors (Lipinski definition) is 6. The van der Waals surface area contributed by atoms with Crippen LogP contribution in [0, 0.1) is 5.82 Å². The van der Waals surface area contributed by atoms with Crippen molar-refractivity contribution >= 4 is 64.0 Å². The highest BCUT2D eigenvalue weighted by atomic mass is 35.5. The monoisotopic (exact) mass is 347 g/mol. The molecule has 0 saturated carbocycles. The van der Waals surface area contributed by atoms with Gasteiger partial charge in [0.1, 0.15) is 13.4 Å². The highest BCUT2D eigenvalue weighted by molar-refractivity contribution is 7.13. The number of aromatic nitrogens is 2. The molecule has 0 saturated heterocycles. The number of esters is 1. The first-order valence-electron chi connectivity index (χ1n) is 6.36. The van der Waals surface area contributed by atoms with E-state index >= 15 is 0 Å². The van der Waals surface area contributed by atoms with Crippen molar-refractivity contribution in [2.24, 2.45) is 0 Å². The molecule has 114 valence electrons. The largest absolute Gasteiger partial charge is 0.465 e.